The van der Waals surface area contributed by atoms with Gasteiger partial charge in [0.25, 0.3) is 5.56 Å². The van der Waals surface area contributed by atoms with Crippen molar-refractivity contribution in [3.05, 3.63) is 28.9 Å². The first-order valence-electron chi connectivity index (χ1n) is 3.66. The van der Waals surface area contributed by atoms with Crippen LogP contribution in [-0.2, 0) is 11.3 Å². The van der Waals surface area contributed by atoms with Crippen LogP contribution < -0.4 is 17.0 Å². The lowest BCUT2D eigenvalue weighted by Crippen LogP contribution is -2.41. The summed E-state index contributed by atoms with van der Waals surface area (Å²) in [6.45, 7) is 0.0800. The number of primary amides is 1. The first-order chi connectivity index (χ1) is 6.11. The fourth-order valence-corrected chi connectivity index (χ4v) is 0.826. The van der Waals surface area contributed by atoms with Crippen LogP contribution in [0.4, 0.5) is 0 Å². The van der Waals surface area contributed by atoms with E-state index < -0.39 is 11.9 Å². The fraction of sp³-hybridized carbons (Fsp3) is 0.286. The number of amides is 1. The minimum absolute atomic E-state index is 0.0800. The van der Waals surface area contributed by atoms with Crippen molar-refractivity contribution in [2.45, 2.75) is 12.6 Å². The number of aromatic nitrogens is 2. The molecule has 0 bridgehead atoms. The number of carbonyl (C=O) groups excluding carboxylic acids is 1. The van der Waals surface area contributed by atoms with Gasteiger partial charge in [0.15, 0.2) is 0 Å². The van der Waals surface area contributed by atoms with Gasteiger partial charge in [0, 0.05) is 18.9 Å². The summed E-state index contributed by atoms with van der Waals surface area (Å²) < 4.78 is 1.28. The maximum atomic E-state index is 11.1. The van der Waals surface area contributed by atoms with Crippen LogP contribution in [0.1, 0.15) is 0 Å². The van der Waals surface area contributed by atoms with Crippen molar-refractivity contribution < 1.29 is 4.79 Å². The Bertz CT molecular complexity index is 360. The van der Waals surface area contributed by atoms with Crippen molar-refractivity contribution >= 4 is 5.91 Å². The molecule has 0 spiro atoms. The molecule has 0 aliphatic carbocycles. The van der Waals surface area contributed by atoms with Crippen molar-refractivity contribution in [3.63, 3.8) is 0 Å². The van der Waals surface area contributed by atoms with E-state index in [1.165, 1.54) is 17.0 Å². The van der Waals surface area contributed by atoms with E-state index in [0.29, 0.717) is 0 Å². The molecular weight excluding hydrogens is 172 g/mol. The average Bonchev–Trinajstić information content (AvgIpc) is 2.08. The monoisotopic (exact) mass is 182 g/mol. The standard InChI is InChI=1S/C7H10N4O2/c8-5(7(9)13)4-11-2-1-10-3-6(11)12/h1-3,5H,4,8H2,(H2,9,13). The first kappa shape index (κ1) is 9.40. The van der Waals surface area contributed by atoms with E-state index in [4.69, 9.17) is 11.5 Å². The van der Waals surface area contributed by atoms with Crippen LogP contribution in [0.3, 0.4) is 0 Å². The zero-order chi connectivity index (χ0) is 9.84. The van der Waals surface area contributed by atoms with Crippen LogP contribution in [0.25, 0.3) is 0 Å². The molecule has 0 saturated carbocycles. The highest BCUT2D eigenvalue weighted by molar-refractivity contribution is 5.79. The van der Waals surface area contributed by atoms with Gasteiger partial charge in [-0.05, 0) is 0 Å². The Balaban J connectivity index is 2.81. The van der Waals surface area contributed by atoms with E-state index in [1.54, 1.807) is 0 Å². The molecular formula is C7H10N4O2. The van der Waals surface area contributed by atoms with Gasteiger partial charge < -0.3 is 16.0 Å². The van der Waals surface area contributed by atoms with Crippen LogP contribution >= 0.6 is 0 Å². The molecule has 13 heavy (non-hydrogen) atoms. The average molecular weight is 182 g/mol. The highest BCUT2D eigenvalue weighted by Gasteiger charge is 2.09. The summed E-state index contributed by atoms with van der Waals surface area (Å²) in [4.78, 5) is 25.3. The summed E-state index contributed by atoms with van der Waals surface area (Å²) in [6.07, 6.45) is 4.04. The molecule has 0 aliphatic rings. The van der Waals surface area contributed by atoms with Crippen LogP contribution in [-0.4, -0.2) is 21.5 Å². The van der Waals surface area contributed by atoms with E-state index in [9.17, 15) is 9.59 Å². The second-order valence-electron chi connectivity index (χ2n) is 2.58. The van der Waals surface area contributed by atoms with Gasteiger partial charge in [-0.25, -0.2) is 0 Å². The van der Waals surface area contributed by atoms with Gasteiger partial charge in [0.2, 0.25) is 5.91 Å². The number of rotatable bonds is 3. The third kappa shape index (κ3) is 2.38. The zero-order valence-electron chi connectivity index (χ0n) is 6.88. The molecule has 1 atom stereocenters. The van der Waals surface area contributed by atoms with Crippen molar-refractivity contribution in [3.8, 4) is 0 Å². The van der Waals surface area contributed by atoms with Gasteiger partial charge in [0.05, 0.1) is 6.20 Å². The highest BCUT2D eigenvalue weighted by atomic mass is 16.1. The van der Waals surface area contributed by atoms with Crippen molar-refractivity contribution in [1.82, 2.24) is 9.55 Å². The van der Waals surface area contributed by atoms with Gasteiger partial charge in [-0.1, -0.05) is 0 Å². The molecule has 6 nitrogen and oxygen atoms in total. The third-order valence-corrected chi connectivity index (χ3v) is 1.56. The topological polar surface area (TPSA) is 104 Å². The molecule has 1 rings (SSSR count). The Morgan fingerprint density at radius 2 is 2.38 bits per heavy atom. The molecule has 1 unspecified atom stereocenters. The van der Waals surface area contributed by atoms with E-state index in [2.05, 4.69) is 4.98 Å². The number of carbonyl (C=O) groups is 1. The van der Waals surface area contributed by atoms with Gasteiger partial charge in [0.1, 0.15) is 6.04 Å². The molecule has 70 valence electrons. The number of hydrogen-bond donors (Lipinski definition) is 2. The molecule has 1 amide bonds. The first-order valence-corrected chi connectivity index (χ1v) is 3.66. The predicted octanol–water partition coefficient (Wildman–Crippen LogP) is -1.94. The van der Waals surface area contributed by atoms with Crippen molar-refractivity contribution in [2.24, 2.45) is 11.5 Å². The van der Waals surface area contributed by atoms with E-state index in [-0.39, 0.29) is 12.1 Å². The molecule has 0 fully saturated rings. The molecule has 0 radical (unpaired) electrons. The SMILES string of the molecule is NC(=O)C(N)Cn1ccncc1=O. The molecule has 6 heteroatoms. The largest absolute Gasteiger partial charge is 0.368 e. The summed E-state index contributed by atoms with van der Waals surface area (Å²) in [7, 11) is 0. The number of hydrogen-bond acceptors (Lipinski definition) is 4. The molecule has 0 aliphatic heterocycles. The van der Waals surface area contributed by atoms with Crippen LogP contribution in [0, 0.1) is 0 Å². The van der Waals surface area contributed by atoms with Crippen LogP contribution in [0.5, 0.6) is 0 Å². The Labute approximate surface area is 74.2 Å². The predicted molar refractivity (Wildman–Crippen MR) is 45.7 cm³/mol. The Morgan fingerprint density at radius 1 is 1.69 bits per heavy atom. The lowest BCUT2D eigenvalue weighted by molar-refractivity contribution is -0.119. The maximum Gasteiger partial charge on any atom is 0.269 e. The van der Waals surface area contributed by atoms with Crippen molar-refractivity contribution in [2.75, 3.05) is 0 Å². The second-order valence-corrected chi connectivity index (χ2v) is 2.58. The molecule has 1 heterocycles. The zero-order valence-corrected chi connectivity index (χ0v) is 6.88. The fourth-order valence-electron chi connectivity index (χ4n) is 0.826. The third-order valence-electron chi connectivity index (χ3n) is 1.56. The number of nitrogens with two attached hydrogens (primary N) is 2. The smallest absolute Gasteiger partial charge is 0.269 e. The normalized spacial score (nSPS) is 12.4. The summed E-state index contributed by atoms with van der Waals surface area (Å²) in [5.74, 6) is -0.635. The van der Waals surface area contributed by atoms with Crippen LogP contribution in [0.2, 0.25) is 0 Å². The lowest BCUT2D eigenvalue weighted by Gasteiger charge is -2.08. The molecule has 0 aromatic carbocycles. The van der Waals surface area contributed by atoms with Gasteiger partial charge in [-0.15, -0.1) is 0 Å². The minimum Gasteiger partial charge on any atom is -0.368 e. The highest BCUT2D eigenvalue weighted by Crippen LogP contribution is 1.83. The molecule has 1 aromatic heterocycles. The Kier molecular flexibility index (Phi) is 2.76. The van der Waals surface area contributed by atoms with E-state index >= 15 is 0 Å². The van der Waals surface area contributed by atoms with Crippen LogP contribution in [0.15, 0.2) is 23.4 Å². The van der Waals surface area contributed by atoms with Gasteiger partial charge >= 0.3 is 0 Å². The van der Waals surface area contributed by atoms with Crippen molar-refractivity contribution in [1.29, 1.82) is 0 Å². The molecule has 0 saturated heterocycles. The molecule has 4 N–H and O–H groups in total. The summed E-state index contributed by atoms with van der Waals surface area (Å²) in [5, 5.41) is 0. The van der Waals surface area contributed by atoms with E-state index in [0.717, 1.165) is 6.20 Å². The summed E-state index contributed by atoms with van der Waals surface area (Å²) in [6, 6.07) is -0.847. The second kappa shape index (κ2) is 3.81. The van der Waals surface area contributed by atoms with Gasteiger partial charge in [-0.3, -0.25) is 14.6 Å². The summed E-state index contributed by atoms with van der Waals surface area (Å²) in [5.41, 5.74) is 10.00. The Morgan fingerprint density at radius 3 is 2.92 bits per heavy atom. The molecule has 1 aromatic rings. The summed E-state index contributed by atoms with van der Waals surface area (Å²) >= 11 is 0. The van der Waals surface area contributed by atoms with E-state index in [1.807, 2.05) is 0 Å². The quantitative estimate of drug-likeness (QED) is 0.567. The Hall–Kier alpha value is -1.69. The number of nitrogens with zero attached hydrogens (tertiary/aromatic N) is 2. The lowest BCUT2D eigenvalue weighted by atomic mass is 10.3. The minimum atomic E-state index is -0.847. The maximum absolute atomic E-state index is 11.1. The van der Waals surface area contributed by atoms with Gasteiger partial charge in [-0.2, -0.15) is 0 Å².